The first-order valence-corrected chi connectivity index (χ1v) is 7.06. The Bertz CT molecular complexity index is 534. The van der Waals surface area contributed by atoms with Crippen molar-refractivity contribution in [3.8, 4) is 0 Å². The Hall–Kier alpha value is -1.42. The van der Waals surface area contributed by atoms with Crippen molar-refractivity contribution in [3.63, 3.8) is 0 Å². The predicted octanol–water partition coefficient (Wildman–Crippen LogP) is 3.89. The van der Waals surface area contributed by atoms with E-state index in [2.05, 4.69) is 42.1 Å². The molecule has 2 aromatic rings. The molecule has 3 nitrogen and oxygen atoms in total. The second-order valence-electron chi connectivity index (χ2n) is 4.52. The van der Waals surface area contributed by atoms with E-state index in [4.69, 9.17) is 0 Å². The summed E-state index contributed by atoms with van der Waals surface area (Å²) in [5.74, 6) is 0.888. The summed E-state index contributed by atoms with van der Waals surface area (Å²) in [6.45, 7) is 8.53. The van der Waals surface area contributed by atoms with Gasteiger partial charge in [-0.1, -0.05) is 6.92 Å². The highest BCUT2D eigenvalue weighted by Crippen LogP contribution is 2.29. The Morgan fingerprint density at radius 3 is 2.67 bits per heavy atom. The van der Waals surface area contributed by atoms with Gasteiger partial charge in [-0.3, -0.25) is 0 Å². The van der Waals surface area contributed by atoms with Gasteiger partial charge >= 0.3 is 0 Å². The standard InChI is InChI=1S/C14H19N3S/c1-5-12-9(2)6-13(18-12)11(4)17-14-7-10(3)15-8-16-14/h6-8,11H,5H2,1-4H3,(H,15,16,17). The topological polar surface area (TPSA) is 37.8 Å². The van der Waals surface area contributed by atoms with Crippen LogP contribution in [0.1, 0.15) is 40.9 Å². The van der Waals surface area contributed by atoms with Crippen LogP contribution in [0.3, 0.4) is 0 Å². The highest BCUT2D eigenvalue weighted by molar-refractivity contribution is 7.12. The molecule has 0 aliphatic heterocycles. The molecule has 0 aromatic carbocycles. The van der Waals surface area contributed by atoms with Gasteiger partial charge in [0, 0.05) is 21.5 Å². The van der Waals surface area contributed by atoms with Crippen molar-refractivity contribution in [1.82, 2.24) is 9.97 Å². The van der Waals surface area contributed by atoms with Gasteiger partial charge in [-0.05, 0) is 38.8 Å². The number of aromatic nitrogens is 2. The second kappa shape index (κ2) is 5.48. The van der Waals surface area contributed by atoms with Crippen LogP contribution in [0.4, 0.5) is 5.82 Å². The fourth-order valence-electron chi connectivity index (χ4n) is 1.94. The molecule has 1 N–H and O–H groups in total. The maximum atomic E-state index is 4.24. The van der Waals surface area contributed by atoms with Gasteiger partial charge in [-0.25, -0.2) is 9.97 Å². The quantitative estimate of drug-likeness (QED) is 0.907. The van der Waals surface area contributed by atoms with Gasteiger partial charge in [-0.2, -0.15) is 0 Å². The Morgan fingerprint density at radius 1 is 1.28 bits per heavy atom. The van der Waals surface area contributed by atoms with Gasteiger partial charge < -0.3 is 5.32 Å². The van der Waals surface area contributed by atoms with Gasteiger partial charge in [0.1, 0.15) is 12.1 Å². The number of nitrogens with zero attached hydrogens (tertiary/aromatic N) is 2. The molecule has 2 heterocycles. The molecule has 0 saturated heterocycles. The van der Waals surface area contributed by atoms with Crippen molar-refractivity contribution in [3.05, 3.63) is 39.5 Å². The van der Waals surface area contributed by atoms with Crippen LogP contribution in [0.2, 0.25) is 0 Å². The summed E-state index contributed by atoms with van der Waals surface area (Å²) in [6.07, 6.45) is 2.71. The molecule has 1 atom stereocenters. The van der Waals surface area contributed by atoms with Gasteiger partial charge in [0.05, 0.1) is 6.04 Å². The molecular formula is C14H19N3S. The Morgan fingerprint density at radius 2 is 2.06 bits per heavy atom. The number of hydrogen-bond acceptors (Lipinski definition) is 4. The number of hydrogen-bond donors (Lipinski definition) is 1. The molecule has 0 amide bonds. The lowest BCUT2D eigenvalue weighted by Crippen LogP contribution is -2.06. The molecule has 0 fully saturated rings. The van der Waals surface area contributed by atoms with E-state index in [0.29, 0.717) is 0 Å². The maximum Gasteiger partial charge on any atom is 0.130 e. The van der Waals surface area contributed by atoms with E-state index in [9.17, 15) is 0 Å². The van der Waals surface area contributed by atoms with E-state index in [-0.39, 0.29) is 6.04 Å². The van der Waals surface area contributed by atoms with Crippen molar-refractivity contribution in [2.75, 3.05) is 5.32 Å². The van der Waals surface area contributed by atoms with Crippen molar-refractivity contribution in [2.45, 2.75) is 40.2 Å². The van der Waals surface area contributed by atoms with Crippen molar-refractivity contribution < 1.29 is 0 Å². The van der Waals surface area contributed by atoms with E-state index in [0.717, 1.165) is 17.9 Å². The average Bonchev–Trinajstić information content (AvgIpc) is 2.70. The zero-order valence-corrected chi connectivity index (χ0v) is 12.1. The third kappa shape index (κ3) is 2.88. The predicted molar refractivity (Wildman–Crippen MR) is 77.2 cm³/mol. The van der Waals surface area contributed by atoms with Crippen LogP contribution in [0.25, 0.3) is 0 Å². The summed E-state index contributed by atoms with van der Waals surface area (Å²) in [4.78, 5) is 11.2. The molecule has 0 radical (unpaired) electrons. The van der Waals surface area contributed by atoms with Crippen molar-refractivity contribution in [2.24, 2.45) is 0 Å². The highest BCUT2D eigenvalue weighted by atomic mass is 32.1. The van der Waals surface area contributed by atoms with Crippen LogP contribution in [0.15, 0.2) is 18.5 Å². The molecule has 4 heteroatoms. The molecule has 0 saturated carbocycles. The Balaban J connectivity index is 2.13. The van der Waals surface area contributed by atoms with Crippen molar-refractivity contribution in [1.29, 1.82) is 0 Å². The molecule has 1 unspecified atom stereocenters. The summed E-state index contributed by atoms with van der Waals surface area (Å²) in [5, 5.41) is 3.42. The lowest BCUT2D eigenvalue weighted by Gasteiger charge is -2.12. The lowest BCUT2D eigenvalue weighted by molar-refractivity contribution is 0.890. The molecule has 18 heavy (non-hydrogen) atoms. The zero-order valence-electron chi connectivity index (χ0n) is 11.3. The third-order valence-electron chi connectivity index (χ3n) is 2.96. The van der Waals surface area contributed by atoms with Crippen LogP contribution < -0.4 is 5.32 Å². The maximum absolute atomic E-state index is 4.24. The molecule has 0 aliphatic carbocycles. The minimum atomic E-state index is 0.281. The molecule has 96 valence electrons. The summed E-state index contributed by atoms with van der Waals surface area (Å²) in [5.41, 5.74) is 2.38. The Kier molecular flexibility index (Phi) is 3.97. The fourth-order valence-corrected chi connectivity index (χ4v) is 3.06. The van der Waals surface area contributed by atoms with Gasteiger partial charge in [0.15, 0.2) is 0 Å². The second-order valence-corrected chi connectivity index (χ2v) is 5.69. The summed E-state index contributed by atoms with van der Waals surface area (Å²) < 4.78 is 0. The number of thiophene rings is 1. The number of anilines is 1. The number of rotatable bonds is 4. The molecule has 0 bridgehead atoms. The first-order valence-electron chi connectivity index (χ1n) is 6.24. The summed E-state index contributed by atoms with van der Waals surface area (Å²) in [6, 6.07) is 4.52. The minimum absolute atomic E-state index is 0.281. The molecule has 2 aromatic heterocycles. The minimum Gasteiger partial charge on any atom is -0.363 e. The van der Waals surface area contributed by atoms with E-state index >= 15 is 0 Å². The van der Waals surface area contributed by atoms with Gasteiger partial charge in [0.25, 0.3) is 0 Å². The molecule has 0 spiro atoms. The summed E-state index contributed by atoms with van der Waals surface area (Å²) in [7, 11) is 0. The van der Waals surface area contributed by atoms with E-state index in [1.165, 1.54) is 15.3 Å². The first kappa shape index (κ1) is 13.0. The van der Waals surface area contributed by atoms with Gasteiger partial charge in [0.2, 0.25) is 0 Å². The largest absolute Gasteiger partial charge is 0.363 e. The van der Waals surface area contributed by atoms with Crippen LogP contribution >= 0.6 is 11.3 Å². The molecule has 0 aliphatic rings. The smallest absolute Gasteiger partial charge is 0.130 e. The van der Waals surface area contributed by atoms with Crippen LogP contribution in [0.5, 0.6) is 0 Å². The van der Waals surface area contributed by atoms with Crippen molar-refractivity contribution >= 4 is 17.2 Å². The summed E-state index contributed by atoms with van der Waals surface area (Å²) >= 11 is 1.89. The van der Waals surface area contributed by atoms with Gasteiger partial charge in [-0.15, -0.1) is 11.3 Å². The normalized spacial score (nSPS) is 12.4. The fraction of sp³-hybridized carbons (Fsp3) is 0.429. The molecule has 2 rings (SSSR count). The van der Waals surface area contributed by atoms with Crippen LogP contribution in [-0.4, -0.2) is 9.97 Å². The number of aryl methyl sites for hydroxylation is 3. The average molecular weight is 261 g/mol. The Labute approximate surface area is 112 Å². The SMILES string of the molecule is CCc1sc(C(C)Nc2cc(C)ncn2)cc1C. The number of nitrogens with one attached hydrogen (secondary N) is 1. The lowest BCUT2D eigenvalue weighted by atomic mass is 10.2. The van der Waals surface area contributed by atoms with E-state index < -0.39 is 0 Å². The van der Waals surface area contributed by atoms with Crippen LogP contribution in [0, 0.1) is 13.8 Å². The third-order valence-corrected chi connectivity index (χ3v) is 4.52. The van der Waals surface area contributed by atoms with E-state index in [1.54, 1.807) is 6.33 Å². The van der Waals surface area contributed by atoms with E-state index in [1.807, 2.05) is 24.3 Å². The highest BCUT2D eigenvalue weighted by Gasteiger charge is 2.11. The first-order chi connectivity index (χ1) is 8.60. The zero-order chi connectivity index (χ0) is 13.1. The monoisotopic (exact) mass is 261 g/mol. The van der Waals surface area contributed by atoms with Crippen LogP contribution in [-0.2, 0) is 6.42 Å². The molecular weight excluding hydrogens is 242 g/mol.